The molecule has 92 valence electrons. The summed E-state index contributed by atoms with van der Waals surface area (Å²) in [5.74, 6) is -0.634. The van der Waals surface area contributed by atoms with E-state index in [4.69, 9.17) is 5.73 Å². The van der Waals surface area contributed by atoms with Crippen molar-refractivity contribution < 1.29 is 9.18 Å². The first-order valence-corrected chi connectivity index (χ1v) is 5.89. The number of benzene rings is 1. The van der Waals surface area contributed by atoms with Gasteiger partial charge in [-0.1, -0.05) is 12.1 Å². The van der Waals surface area contributed by atoms with Gasteiger partial charge in [0.15, 0.2) is 0 Å². The molecular weight excluding hydrogens is 219 g/mol. The third-order valence-corrected chi connectivity index (χ3v) is 3.25. The van der Waals surface area contributed by atoms with E-state index in [0.717, 1.165) is 12.8 Å². The van der Waals surface area contributed by atoms with Gasteiger partial charge in [-0.25, -0.2) is 4.39 Å². The van der Waals surface area contributed by atoms with Crippen LogP contribution in [0.2, 0.25) is 0 Å². The monoisotopic (exact) mass is 236 g/mol. The maximum Gasteiger partial charge on any atom is 0.256 e. The third-order valence-electron chi connectivity index (χ3n) is 3.25. The summed E-state index contributed by atoms with van der Waals surface area (Å²) < 4.78 is 13.8. The Morgan fingerprint density at radius 1 is 1.41 bits per heavy atom. The Bertz CT molecular complexity index is 425. The first-order chi connectivity index (χ1) is 8.09. The summed E-state index contributed by atoms with van der Waals surface area (Å²) in [7, 11) is 0. The lowest BCUT2D eigenvalue weighted by atomic mass is 10.0. The van der Waals surface area contributed by atoms with Crippen molar-refractivity contribution in [2.45, 2.75) is 25.8 Å². The molecule has 1 aliphatic rings. The predicted octanol–water partition coefficient (Wildman–Crippen LogP) is 1.70. The number of rotatable bonds is 1. The van der Waals surface area contributed by atoms with E-state index in [1.165, 1.54) is 0 Å². The van der Waals surface area contributed by atoms with Gasteiger partial charge in [0.05, 0.1) is 5.56 Å². The highest BCUT2D eigenvalue weighted by Crippen LogP contribution is 2.17. The van der Waals surface area contributed by atoms with Crippen LogP contribution in [0.5, 0.6) is 0 Å². The van der Waals surface area contributed by atoms with Crippen LogP contribution in [0.4, 0.5) is 4.39 Å². The van der Waals surface area contributed by atoms with Crippen LogP contribution in [0.1, 0.15) is 28.8 Å². The lowest BCUT2D eigenvalue weighted by molar-refractivity contribution is 0.0710. The van der Waals surface area contributed by atoms with Crippen molar-refractivity contribution in [1.82, 2.24) is 4.90 Å². The number of nitrogens with zero attached hydrogens (tertiary/aromatic N) is 1. The lowest BCUT2D eigenvalue weighted by Gasteiger charge is -2.30. The van der Waals surface area contributed by atoms with E-state index in [9.17, 15) is 9.18 Å². The van der Waals surface area contributed by atoms with Crippen molar-refractivity contribution in [1.29, 1.82) is 0 Å². The van der Waals surface area contributed by atoms with Gasteiger partial charge in [-0.15, -0.1) is 0 Å². The summed E-state index contributed by atoms with van der Waals surface area (Å²) in [6.07, 6.45) is 1.58. The second-order valence-electron chi connectivity index (χ2n) is 4.57. The standard InChI is InChI=1S/C13H17FN2O/c1-9-3-2-4-11(12(9)14)13(17)16-7-5-10(15)6-8-16/h2-4,10H,5-8,15H2,1H3. The third kappa shape index (κ3) is 2.47. The molecule has 0 radical (unpaired) electrons. The molecule has 0 atom stereocenters. The molecule has 0 aliphatic carbocycles. The number of hydrogen-bond donors (Lipinski definition) is 1. The number of amides is 1. The zero-order valence-electron chi connectivity index (χ0n) is 9.95. The molecule has 4 heteroatoms. The summed E-state index contributed by atoms with van der Waals surface area (Å²) in [4.78, 5) is 13.8. The fraction of sp³-hybridized carbons (Fsp3) is 0.462. The molecular formula is C13H17FN2O. The van der Waals surface area contributed by atoms with E-state index in [1.54, 1.807) is 30.0 Å². The van der Waals surface area contributed by atoms with Crippen molar-refractivity contribution in [3.63, 3.8) is 0 Å². The van der Waals surface area contributed by atoms with Gasteiger partial charge in [-0.3, -0.25) is 4.79 Å². The molecule has 1 fully saturated rings. The lowest BCUT2D eigenvalue weighted by Crippen LogP contribution is -2.43. The van der Waals surface area contributed by atoms with Crippen molar-refractivity contribution in [3.05, 3.63) is 35.1 Å². The maximum atomic E-state index is 13.8. The Hall–Kier alpha value is -1.42. The Balaban J connectivity index is 2.17. The van der Waals surface area contributed by atoms with E-state index in [2.05, 4.69) is 0 Å². The Morgan fingerprint density at radius 3 is 2.71 bits per heavy atom. The normalized spacial score (nSPS) is 17.2. The average molecular weight is 236 g/mol. The first kappa shape index (κ1) is 12.0. The SMILES string of the molecule is Cc1cccc(C(=O)N2CCC(N)CC2)c1F. The van der Waals surface area contributed by atoms with E-state index < -0.39 is 5.82 Å². The summed E-state index contributed by atoms with van der Waals surface area (Å²) in [6.45, 7) is 2.90. The molecule has 3 nitrogen and oxygen atoms in total. The largest absolute Gasteiger partial charge is 0.338 e. The number of halogens is 1. The topological polar surface area (TPSA) is 46.3 Å². The number of aryl methyl sites for hydroxylation is 1. The van der Waals surface area contributed by atoms with Crippen LogP contribution in [0.3, 0.4) is 0 Å². The quantitative estimate of drug-likeness (QED) is 0.806. The Kier molecular flexibility index (Phi) is 3.43. The van der Waals surface area contributed by atoms with Crippen molar-refractivity contribution in [2.75, 3.05) is 13.1 Å². The molecule has 2 N–H and O–H groups in total. The Morgan fingerprint density at radius 2 is 2.06 bits per heavy atom. The van der Waals surface area contributed by atoms with Crippen LogP contribution in [-0.2, 0) is 0 Å². The van der Waals surface area contributed by atoms with Gasteiger partial charge in [0.1, 0.15) is 5.82 Å². The van der Waals surface area contributed by atoms with Gasteiger partial charge in [0, 0.05) is 19.1 Å². The molecule has 0 unspecified atom stereocenters. The summed E-state index contributed by atoms with van der Waals surface area (Å²) >= 11 is 0. The van der Waals surface area contributed by atoms with E-state index in [1.807, 2.05) is 0 Å². The molecule has 1 amide bonds. The van der Waals surface area contributed by atoms with Gasteiger partial charge in [-0.2, -0.15) is 0 Å². The highest BCUT2D eigenvalue weighted by atomic mass is 19.1. The molecule has 0 aromatic heterocycles. The fourth-order valence-corrected chi connectivity index (χ4v) is 2.09. The number of carbonyl (C=O) groups is 1. The van der Waals surface area contributed by atoms with Gasteiger partial charge in [0.25, 0.3) is 5.91 Å². The van der Waals surface area contributed by atoms with Crippen LogP contribution in [-0.4, -0.2) is 29.9 Å². The molecule has 1 aromatic rings. The van der Waals surface area contributed by atoms with Gasteiger partial charge in [0.2, 0.25) is 0 Å². The number of carbonyl (C=O) groups excluding carboxylic acids is 1. The van der Waals surface area contributed by atoms with Gasteiger partial charge in [-0.05, 0) is 31.4 Å². The zero-order valence-corrected chi connectivity index (χ0v) is 9.95. The molecule has 17 heavy (non-hydrogen) atoms. The first-order valence-electron chi connectivity index (χ1n) is 5.89. The summed E-state index contributed by atoms with van der Waals surface area (Å²) in [5, 5.41) is 0. The predicted molar refractivity (Wildman–Crippen MR) is 64.2 cm³/mol. The van der Waals surface area contributed by atoms with E-state index in [-0.39, 0.29) is 17.5 Å². The molecule has 1 aliphatic heterocycles. The molecule has 2 rings (SSSR count). The minimum absolute atomic E-state index is 0.167. The maximum absolute atomic E-state index is 13.8. The van der Waals surface area contributed by atoms with Crippen LogP contribution < -0.4 is 5.73 Å². The Labute approximate surface area is 100 Å². The van der Waals surface area contributed by atoms with Crippen LogP contribution in [0, 0.1) is 12.7 Å². The highest BCUT2D eigenvalue weighted by Gasteiger charge is 2.23. The number of likely N-dealkylation sites (tertiary alicyclic amines) is 1. The van der Waals surface area contributed by atoms with E-state index in [0.29, 0.717) is 18.7 Å². The smallest absolute Gasteiger partial charge is 0.256 e. The van der Waals surface area contributed by atoms with Crippen molar-refractivity contribution >= 4 is 5.91 Å². The molecule has 0 bridgehead atoms. The minimum atomic E-state index is -0.410. The minimum Gasteiger partial charge on any atom is -0.338 e. The molecule has 1 saturated heterocycles. The van der Waals surface area contributed by atoms with Crippen LogP contribution in [0.15, 0.2) is 18.2 Å². The summed E-state index contributed by atoms with van der Waals surface area (Å²) in [5.41, 5.74) is 6.45. The average Bonchev–Trinajstić information content (AvgIpc) is 2.33. The number of piperidine rings is 1. The molecule has 1 aromatic carbocycles. The summed E-state index contributed by atoms with van der Waals surface area (Å²) in [6, 6.07) is 5.08. The van der Waals surface area contributed by atoms with Crippen molar-refractivity contribution in [3.8, 4) is 0 Å². The van der Waals surface area contributed by atoms with Crippen LogP contribution in [0.25, 0.3) is 0 Å². The molecule has 1 heterocycles. The van der Waals surface area contributed by atoms with Crippen molar-refractivity contribution in [2.24, 2.45) is 5.73 Å². The van der Waals surface area contributed by atoms with Crippen LogP contribution >= 0.6 is 0 Å². The second-order valence-corrected chi connectivity index (χ2v) is 4.57. The van der Waals surface area contributed by atoms with E-state index >= 15 is 0 Å². The van der Waals surface area contributed by atoms with Gasteiger partial charge < -0.3 is 10.6 Å². The molecule has 0 saturated carbocycles. The van der Waals surface area contributed by atoms with Gasteiger partial charge >= 0.3 is 0 Å². The highest BCUT2D eigenvalue weighted by molar-refractivity contribution is 5.94. The zero-order chi connectivity index (χ0) is 12.4. The second kappa shape index (κ2) is 4.84. The number of nitrogens with two attached hydrogens (primary N) is 1. The molecule has 0 spiro atoms. The number of hydrogen-bond acceptors (Lipinski definition) is 2. The fourth-order valence-electron chi connectivity index (χ4n) is 2.09.